The molecule has 0 atom stereocenters. The molecule has 168 valence electrons. The summed E-state index contributed by atoms with van der Waals surface area (Å²) in [5.41, 5.74) is 8.70. The van der Waals surface area contributed by atoms with E-state index in [1.165, 1.54) is 0 Å². The van der Waals surface area contributed by atoms with E-state index in [4.69, 9.17) is 13.6 Å². The second kappa shape index (κ2) is 8.65. The van der Waals surface area contributed by atoms with Gasteiger partial charge in [-0.15, -0.1) is 0 Å². The first-order valence-electron chi connectivity index (χ1n) is 10.9. The van der Waals surface area contributed by atoms with Gasteiger partial charge in [-0.25, -0.2) is 10.2 Å². The third-order valence-electron chi connectivity index (χ3n) is 5.61. The van der Waals surface area contributed by atoms with Gasteiger partial charge in [0.1, 0.15) is 11.3 Å². The molecule has 7 nitrogen and oxygen atoms in total. The standard InChI is InChI=1S/C25H28N2O5/c1-13(2)31-25(29)24-16(5)23-18(7-6-8-19(23)32-24)26-27-21(28)11-17-12-30-20-10-14(3)9-15(4)22(17)20/h9-10,12-13H,6-8,11H2,1-5H3,(H,27,28)/b26-18+. The summed E-state index contributed by atoms with van der Waals surface area (Å²) in [7, 11) is 0. The van der Waals surface area contributed by atoms with Crippen LogP contribution in [0.5, 0.6) is 0 Å². The zero-order chi connectivity index (χ0) is 23.0. The van der Waals surface area contributed by atoms with Crippen molar-refractivity contribution in [1.29, 1.82) is 0 Å². The molecule has 3 aromatic rings. The molecule has 7 heteroatoms. The van der Waals surface area contributed by atoms with Crippen LogP contribution in [-0.4, -0.2) is 23.7 Å². The number of esters is 1. The van der Waals surface area contributed by atoms with Gasteiger partial charge in [-0.3, -0.25) is 4.79 Å². The van der Waals surface area contributed by atoms with Crippen LogP contribution in [-0.2, 0) is 22.4 Å². The summed E-state index contributed by atoms with van der Waals surface area (Å²) >= 11 is 0. The molecule has 1 aliphatic carbocycles. The van der Waals surface area contributed by atoms with Crippen molar-refractivity contribution in [2.45, 2.75) is 66.4 Å². The first-order valence-corrected chi connectivity index (χ1v) is 10.9. The number of carbonyl (C=O) groups excluding carboxylic acids is 2. The maximum absolute atomic E-state index is 12.6. The molecule has 0 saturated heterocycles. The summed E-state index contributed by atoms with van der Waals surface area (Å²) in [6.45, 7) is 9.44. The van der Waals surface area contributed by atoms with Gasteiger partial charge < -0.3 is 13.6 Å². The summed E-state index contributed by atoms with van der Waals surface area (Å²) in [6, 6.07) is 4.05. The second-order valence-electron chi connectivity index (χ2n) is 8.65. The molecule has 1 amide bonds. The third kappa shape index (κ3) is 4.20. The number of furan rings is 2. The SMILES string of the molecule is Cc1cc(C)c2c(CC(=O)N/N=C3\CCCc4oc(C(=O)OC(C)C)c(C)c43)coc2c1. The largest absolute Gasteiger partial charge is 0.464 e. The maximum Gasteiger partial charge on any atom is 0.374 e. The molecule has 0 aliphatic heterocycles. The van der Waals surface area contributed by atoms with E-state index in [0.29, 0.717) is 23.5 Å². The molecule has 0 bridgehead atoms. The molecule has 0 radical (unpaired) electrons. The summed E-state index contributed by atoms with van der Waals surface area (Å²) in [5.74, 6) is 0.213. The van der Waals surface area contributed by atoms with Crippen LogP contribution in [0.2, 0.25) is 0 Å². The zero-order valence-electron chi connectivity index (χ0n) is 19.1. The number of hydrogen-bond donors (Lipinski definition) is 1. The highest BCUT2D eigenvalue weighted by Crippen LogP contribution is 2.30. The average molecular weight is 437 g/mol. The van der Waals surface area contributed by atoms with Crippen molar-refractivity contribution >= 4 is 28.6 Å². The molecule has 0 spiro atoms. The Morgan fingerprint density at radius 1 is 1.19 bits per heavy atom. The number of hydrazone groups is 1. The Labute approximate surface area is 186 Å². The molecule has 2 heterocycles. The molecule has 0 fully saturated rings. The number of aryl methyl sites for hydroxylation is 3. The van der Waals surface area contributed by atoms with E-state index in [-0.39, 0.29) is 24.2 Å². The summed E-state index contributed by atoms with van der Waals surface area (Å²) in [4.78, 5) is 25.0. The Morgan fingerprint density at radius 2 is 1.97 bits per heavy atom. The van der Waals surface area contributed by atoms with Crippen molar-refractivity contribution in [3.63, 3.8) is 0 Å². The molecule has 32 heavy (non-hydrogen) atoms. The highest BCUT2D eigenvalue weighted by Gasteiger charge is 2.29. The van der Waals surface area contributed by atoms with Gasteiger partial charge in [-0.05, 0) is 64.7 Å². The predicted molar refractivity (Wildman–Crippen MR) is 121 cm³/mol. The summed E-state index contributed by atoms with van der Waals surface area (Å²) < 4.78 is 16.7. The van der Waals surface area contributed by atoms with Crippen molar-refractivity contribution in [2.24, 2.45) is 5.10 Å². The Kier molecular flexibility index (Phi) is 5.91. The van der Waals surface area contributed by atoms with Crippen LogP contribution in [0, 0.1) is 20.8 Å². The van der Waals surface area contributed by atoms with E-state index >= 15 is 0 Å². The smallest absolute Gasteiger partial charge is 0.374 e. The third-order valence-corrected chi connectivity index (χ3v) is 5.61. The first-order chi connectivity index (χ1) is 15.2. The Bertz CT molecular complexity index is 1230. The van der Waals surface area contributed by atoms with Gasteiger partial charge in [0.05, 0.1) is 24.5 Å². The van der Waals surface area contributed by atoms with Crippen molar-refractivity contribution in [1.82, 2.24) is 5.43 Å². The lowest BCUT2D eigenvalue weighted by molar-refractivity contribution is -0.120. The van der Waals surface area contributed by atoms with E-state index < -0.39 is 5.97 Å². The number of hydrogen-bond acceptors (Lipinski definition) is 6. The Hall–Kier alpha value is -3.35. The van der Waals surface area contributed by atoms with Crippen molar-refractivity contribution in [3.05, 3.63) is 57.7 Å². The van der Waals surface area contributed by atoms with Gasteiger partial charge >= 0.3 is 5.97 Å². The van der Waals surface area contributed by atoms with Gasteiger partial charge in [0.2, 0.25) is 11.7 Å². The molecule has 1 N–H and O–H groups in total. The van der Waals surface area contributed by atoms with Crippen LogP contribution in [0.1, 0.15) is 70.8 Å². The number of benzene rings is 1. The zero-order valence-corrected chi connectivity index (χ0v) is 19.1. The minimum atomic E-state index is -0.479. The normalized spacial score (nSPS) is 14.8. The van der Waals surface area contributed by atoms with E-state index in [9.17, 15) is 9.59 Å². The molecule has 1 aliphatic rings. The number of carbonyl (C=O) groups is 2. The average Bonchev–Trinajstić information content (AvgIpc) is 3.27. The van der Waals surface area contributed by atoms with Crippen LogP contribution in [0.3, 0.4) is 0 Å². The Balaban J connectivity index is 1.53. The molecule has 4 rings (SSSR count). The molecular formula is C25H28N2O5. The summed E-state index contributed by atoms with van der Waals surface area (Å²) in [5, 5.41) is 5.36. The Morgan fingerprint density at radius 3 is 2.72 bits per heavy atom. The lowest BCUT2D eigenvalue weighted by Gasteiger charge is -2.13. The fourth-order valence-electron chi connectivity index (χ4n) is 4.34. The van der Waals surface area contributed by atoms with Crippen LogP contribution in [0.15, 0.2) is 32.3 Å². The van der Waals surface area contributed by atoms with Crippen molar-refractivity contribution < 1.29 is 23.2 Å². The number of ether oxygens (including phenoxy) is 1. The molecule has 0 saturated carbocycles. The fraction of sp³-hybridized carbons (Fsp3) is 0.400. The minimum absolute atomic E-state index is 0.164. The fourth-order valence-corrected chi connectivity index (χ4v) is 4.34. The highest BCUT2D eigenvalue weighted by molar-refractivity contribution is 6.06. The van der Waals surface area contributed by atoms with Gasteiger partial charge in [0.15, 0.2) is 0 Å². The number of rotatable bonds is 5. The van der Waals surface area contributed by atoms with E-state index in [0.717, 1.165) is 46.1 Å². The first kappa shape index (κ1) is 21.9. The van der Waals surface area contributed by atoms with E-state index in [1.54, 1.807) is 20.1 Å². The van der Waals surface area contributed by atoms with Crippen LogP contribution >= 0.6 is 0 Å². The van der Waals surface area contributed by atoms with Crippen LogP contribution < -0.4 is 5.43 Å². The van der Waals surface area contributed by atoms with Crippen molar-refractivity contribution in [2.75, 3.05) is 0 Å². The van der Waals surface area contributed by atoms with Gasteiger partial charge in [-0.1, -0.05) is 6.07 Å². The maximum atomic E-state index is 12.6. The molecule has 0 unspecified atom stereocenters. The number of nitrogens with zero attached hydrogens (tertiary/aromatic N) is 1. The molecule has 1 aromatic carbocycles. The van der Waals surface area contributed by atoms with Crippen LogP contribution in [0.4, 0.5) is 0 Å². The van der Waals surface area contributed by atoms with Gasteiger partial charge in [0.25, 0.3) is 0 Å². The molecular weight excluding hydrogens is 408 g/mol. The second-order valence-corrected chi connectivity index (χ2v) is 8.65. The predicted octanol–water partition coefficient (Wildman–Crippen LogP) is 4.92. The quantitative estimate of drug-likeness (QED) is 0.453. The van der Waals surface area contributed by atoms with Crippen LogP contribution in [0.25, 0.3) is 11.0 Å². The highest BCUT2D eigenvalue weighted by atomic mass is 16.6. The van der Waals surface area contributed by atoms with E-state index in [1.807, 2.05) is 26.8 Å². The monoisotopic (exact) mass is 436 g/mol. The lowest BCUT2D eigenvalue weighted by Crippen LogP contribution is -2.23. The van der Waals surface area contributed by atoms with Gasteiger partial charge in [-0.2, -0.15) is 5.10 Å². The van der Waals surface area contributed by atoms with E-state index in [2.05, 4.69) is 16.6 Å². The lowest BCUT2D eigenvalue weighted by atomic mass is 9.93. The minimum Gasteiger partial charge on any atom is -0.464 e. The molecule has 2 aromatic heterocycles. The van der Waals surface area contributed by atoms with Crippen molar-refractivity contribution in [3.8, 4) is 0 Å². The summed E-state index contributed by atoms with van der Waals surface area (Å²) in [6.07, 6.45) is 3.81. The number of nitrogens with one attached hydrogen (secondary N) is 1. The number of fused-ring (bicyclic) bond motifs is 2. The van der Waals surface area contributed by atoms with Gasteiger partial charge in [0, 0.05) is 28.5 Å². The number of amides is 1. The topological polar surface area (TPSA) is 94.0 Å².